The van der Waals surface area contributed by atoms with Gasteiger partial charge in [0.05, 0.1) is 6.16 Å². The molecule has 26 heavy (non-hydrogen) atoms. The summed E-state index contributed by atoms with van der Waals surface area (Å²) in [7, 11) is -7.07. The number of nitrogens with zero attached hydrogens (tertiary/aromatic N) is 1. The van der Waals surface area contributed by atoms with E-state index in [9.17, 15) is 14.0 Å². The summed E-state index contributed by atoms with van der Waals surface area (Å²) in [5.41, 5.74) is 4.68. The van der Waals surface area contributed by atoms with Crippen molar-refractivity contribution in [2.75, 3.05) is 6.16 Å². The van der Waals surface area contributed by atoms with E-state index in [-0.39, 0.29) is 6.16 Å². The van der Waals surface area contributed by atoms with E-state index in [1.54, 1.807) is 0 Å². The Morgan fingerprint density at radius 2 is 1.58 bits per heavy atom. The molecule has 0 aliphatic heterocycles. The maximum Gasteiger partial charge on any atom is 0.703 e. The van der Waals surface area contributed by atoms with E-state index in [0.717, 1.165) is 11.0 Å². The highest BCUT2D eigenvalue weighted by atomic mass is 31.2. The highest BCUT2D eigenvalue weighted by molar-refractivity contribution is 7.59. The van der Waals surface area contributed by atoms with Gasteiger partial charge in [0.15, 0.2) is 0 Å². The molecule has 1 heterocycles. The number of aromatic nitrogens is 1. The van der Waals surface area contributed by atoms with Crippen molar-refractivity contribution in [3.8, 4) is 0 Å². The molecule has 138 valence electrons. The van der Waals surface area contributed by atoms with E-state index in [1.165, 1.54) is 21.9 Å². The van der Waals surface area contributed by atoms with Gasteiger partial charge in [-0.15, -0.1) is 4.89 Å². The lowest BCUT2D eigenvalue weighted by Gasteiger charge is -2.08. The smallest absolute Gasteiger partial charge is 0.340 e. The molecule has 1 aromatic heterocycles. The van der Waals surface area contributed by atoms with Crippen molar-refractivity contribution in [1.82, 2.24) is 4.57 Å². The van der Waals surface area contributed by atoms with Crippen molar-refractivity contribution in [2.24, 2.45) is 0 Å². The molecule has 3 aromatic rings. The molecule has 6 nitrogen and oxygen atoms in total. The summed E-state index contributed by atoms with van der Waals surface area (Å²) in [6.07, 6.45) is 0.955. The third kappa shape index (κ3) is 4.22. The zero-order valence-corrected chi connectivity index (χ0v) is 16.5. The molecule has 0 amide bonds. The molecule has 2 N–H and O–H groups in total. The first-order valence-corrected chi connectivity index (χ1v) is 11.3. The molecule has 0 fully saturated rings. The second-order valence-corrected chi connectivity index (χ2v) is 9.43. The van der Waals surface area contributed by atoms with E-state index in [0.29, 0.717) is 19.4 Å². The first kappa shape index (κ1) is 19.2. The fourth-order valence-corrected chi connectivity index (χ4v) is 5.13. The minimum Gasteiger partial charge on any atom is -0.340 e. The van der Waals surface area contributed by atoms with Gasteiger partial charge in [0, 0.05) is 32.9 Å². The van der Waals surface area contributed by atoms with Gasteiger partial charge in [0.1, 0.15) is 0 Å². The van der Waals surface area contributed by atoms with Crippen molar-refractivity contribution < 1.29 is 23.2 Å². The van der Waals surface area contributed by atoms with Crippen molar-refractivity contribution in [2.45, 2.75) is 33.2 Å². The van der Waals surface area contributed by atoms with E-state index in [2.05, 4.69) is 59.1 Å². The SMILES string of the molecule is Cc1ccc2c(c1)c1cc(C)ccc1n2CCCCP(=O)(O)O[P+](=O)O. The summed E-state index contributed by atoms with van der Waals surface area (Å²) in [5, 5.41) is 2.41. The van der Waals surface area contributed by atoms with E-state index in [4.69, 9.17) is 4.89 Å². The topological polar surface area (TPSA) is 88.8 Å². The monoisotopic (exact) mass is 394 g/mol. The molecule has 8 heteroatoms. The molecular weight excluding hydrogens is 372 g/mol. The number of hydrogen-bond donors (Lipinski definition) is 2. The summed E-state index contributed by atoms with van der Waals surface area (Å²) < 4.78 is 28.7. The van der Waals surface area contributed by atoms with Crippen LogP contribution in [0.15, 0.2) is 36.4 Å². The quantitative estimate of drug-likeness (QED) is 0.433. The van der Waals surface area contributed by atoms with E-state index >= 15 is 0 Å². The summed E-state index contributed by atoms with van der Waals surface area (Å²) >= 11 is 0. The normalized spacial score (nSPS) is 14.7. The third-order valence-corrected chi connectivity index (χ3v) is 6.91. The van der Waals surface area contributed by atoms with Gasteiger partial charge >= 0.3 is 15.9 Å². The zero-order chi connectivity index (χ0) is 18.9. The van der Waals surface area contributed by atoms with Crippen molar-refractivity contribution >= 4 is 37.7 Å². The van der Waals surface area contributed by atoms with Crippen LogP contribution < -0.4 is 0 Å². The maximum absolute atomic E-state index is 11.7. The standard InChI is InChI=1S/C18H21NO5P2/c1-13-5-7-17-15(11-13)16-12-14(2)6-8-18(16)19(17)9-3-4-10-26(22,23)24-25(20)21/h5-8,11-12H,3-4,9-10H2,1-2H3,(H-,20,21,22,23)/p+1. The van der Waals surface area contributed by atoms with E-state index in [1.807, 2.05) is 0 Å². The predicted molar refractivity (Wildman–Crippen MR) is 104 cm³/mol. The Hall–Kier alpha value is -1.55. The van der Waals surface area contributed by atoms with Crippen LogP contribution in [-0.2, 0) is 20.0 Å². The van der Waals surface area contributed by atoms with Gasteiger partial charge in [-0.25, -0.2) is 0 Å². The molecule has 2 aromatic carbocycles. The van der Waals surface area contributed by atoms with Gasteiger partial charge in [-0.2, -0.15) is 0 Å². The number of aryl methyl sites for hydroxylation is 3. The fraction of sp³-hybridized carbons (Fsp3) is 0.333. The van der Waals surface area contributed by atoms with Crippen molar-refractivity contribution in [1.29, 1.82) is 0 Å². The van der Waals surface area contributed by atoms with Crippen LogP contribution in [-0.4, -0.2) is 20.5 Å². The molecule has 0 saturated carbocycles. The average molecular weight is 394 g/mol. The summed E-state index contributed by atoms with van der Waals surface area (Å²) in [6, 6.07) is 12.7. The largest absolute Gasteiger partial charge is 0.703 e. The van der Waals surface area contributed by atoms with Gasteiger partial charge in [-0.1, -0.05) is 23.3 Å². The Balaban J connectivity index is 1.83. The highest BCUT2D eigenvalue weighted by Gasteiger charge is 2.31. The van der Waals surface area contributed by atoms with Crippen LogP contribution in [0, 0.1) is 13.8 Å². The second-order valence-electron chi connectivity index (χ2n) is 6.58. The van der Waals surface area contributed by atoms with Gasteiger partial charge in [0.2, 0.25) is 0 Å². The van der Waals surface area contributed by atoms with Crippen LogP contribution in [0.5, 0.6) is 0 Å². The minimum absolute atomic E-state index is 0.135. The van der Waals surface area contributed by atoms with Gasteiger partial charge in [-0.3, -0.25) is 4.57 Å². The maximum atomic E-state index is 11.7. The summed E-state index contributed by atoms with van der Waals surface area (Å²) in [5.74, 6) is 0. The van der Waals surface area contributed by atoms with Crippen LogP contribution >= 0.6 is 15.9 Å². The summed E-state index contributed by atoms with van der Waals surface area (Å²) in [4.78, 5) is 18.2. The molecule has 0 bridgehead atoms. The molecular formula is C18H22NO5P2+. The summed E-state index contributed by atoms with van der Waals surface area (Å²) in [6.45, 7) is 4.84. The van der Waals surface area contributed by atoms with Crippen LogP contribution in [0.25, 0.3) is 21.8 Å². The number of unbranched alkanes of at least 4 members (excludes halogenated alkanes) is 1. The average Bonchev–Trinajstić information content (AvgIpc) is 2.83. The van der Waals surface area contributed by atoms with Crippen molar-refractivity contribution in [3.05, 3.63) is 47.5 Å². The molecule has 0 saturated heterocycles. The Kier molecular flexibility index (Phi) is 5.61. The highest BCUT2D eigenvalue weighted by Crippen LogP contribution is 2.50. The van der Waals surface area contributed by atoms with Crippen LogP contribution in [0.3, 0.4) is 0 Å². The van der Waals surface area contributed by atoms with Gasteiger partial charge in [0.25, 0.3) is 0 Å². The van der Waals surface area contributed by atoms with Gasteiger partial charge < -0.3 is 9.46 Å². The number of benzene rings is 2. The lowest BCUT2D eigenvalue weighted by Crippen LogP contribution is -2.00. The molecule has 2 unspecified atom stereocenters. The first-order chi connectivity index (χ1) is 12.3. The minimum atomic E-state index is -4.01. The molecule has 0 aliphatic rings. The number of rotatable bonds is 7. The van der Waals surface area contributed by atoms with Crippen molar-refractivity contribution in [3.63, 3.8) is 0 Å². The van der Waals surface area contributed by atoms with Crippen LogP contribution in [0.1, 0.15) is 24.0 Å². The third-order valence-electron chi connectivity index (χ3n) is 4.45. The van der Waals surface area contributed by atoms with Crippen LogP contribution in [0.4, 0.5) is 0 Å². The fourth-order valence-electron chi connectivity index (χ4n) is 3.30. The van der Waals surface area contributed by atoms with E-state index < -0.39 is 15.9 Å². The molecule has 0 aliphatic carbocycles. The van der Waals surface area contributed by atoms with Gasteiger partial charge in [-0.05, 0) is 55.3 Å². The van der Waals surface area contributed by atoms with Crippen LogP contribution in [0.2, 0.25) is 0 Å². The number of fused-ring (bicyclic) bond motifs is 3. The predicted octanol–water partition coefficient (Wildman–Crippen LogP) is 5.04. The lowest BCUT2D eigenvalue weighted by molar-refractivity contribution is 0.348. The molecule has 2 atom stereocenters. The first-order valence-electron chi connectivity index (χ1n) is 8.44. The molecule has 0 radical (unpaired) electrons. The Morgan fingerprint density at radius 3 is 2.08 bits per heavy atom. The Morgan fingerprint density at radius 1 is 1.04 bits per heavy atom. The Labute approximate surface area is 152 Å². The lowest BCUT2D eigenvalue weighted by atomic mass is 10.1. The molecule has 0 spiro atoms. The Bertz CT molecular complexity index is 968. The second kappa shape index (κ2) is 7.59. The zero-order valence-electron chi connectivity index (χ0n) is 14.8. The number of hydrogen-bond acceptors (Lipinski definition) is 3. The molecule has 3 rings (SSSR count).